The van der Waals surface area contributed by atoms with Gasteiger partial charge in [-0.15, -0.1) is 5.10 Å². The van der Waals surface area contributed by atoms with E-state index in [0.29, 0.717) is 41.2 Å². The van der Waals surface area contributed by atoms with Crippen molar-refractivity contribution >= 4 is 12.4 Å². The molecule has 0 aliphatic heterocycles. The standard InChI is InChI=1S/C25H28FN5O5/c1-31-22(13-28-24(34)35-14-17-4-2-5-18(26)10-17)23(29-30-31)21-8-7-20(12-27-21)36-19-6-3-9-25(11-19,15-32)16-33/h2,4-5,7-8,10,12,15,19,33H,3,6,9,11,13-14,16H2,1H3,(H,28,34)/t19-,25?/m0/s1. The fourth-order valence-corrected chi connectivity index (χ4v) is 4.27. The second-order valence-corrected chi connectivity index (χ2v) is 8.92. The molecule has 1 aromatic carbocycles. The number of rotatable bonds is 9. The summed E-state index contributed by atoms with van der Waals surface area (Å²) < 4.78 is 26.0. The summed E-state index contributed by atoms with van der Waals surface area (Å²) in [5.41, 5.74) is 1.45. The normalized spacial score (nSPS) is 19.5. The zero-order valence-corrected chi connectivity index (χ0v) is 19.9. The Balaban J connectivity index is 1.35. The van der Waals surface area contributed by atoms with Crippen LogP contribution >= 0.6 is 0 Å². The van der Waals surface area contributed by atoms with Gasteiger partial charge in [-0.2, -0.15) is 0 Å². The number of amides is 1. The average molecular weight is 498 g/mol. The Labute approximate surface area is 207 Å². The third-order valence-electron chi connectivity index (χ3n) is 6.28. The molecule has 11 heteroatoms. The monoisotopic (exact) mass is 497 g/mol. The number of halogens is 1. The van der Waals surface area contributed by atoms with Gasteiger partial charge in [0.05, 0.1) is 42.3 Å². The second-order valence-electron chi connectivity index (χ2n) is 8.92. The minimum atomic E-state index is -0.740. The first-order valence-electron chi connectivity index (χ1n) is 11.7. The lowest BCUT2D eigenvalue weighted by atomic mass is 9.74. The molecular formula is C25H28FN5O5. The van der Waals surface area contributed by atoms with E-state index < -0.39 is 17.3 Å². The lowest BCUT2D eigenvalue weighted by molar-refractivity contribution is -0.122. The van der Waals surface area contributed by atoms with E-state index in [2.05, 4.69) is 20.6 Å². The van der Waals surface area contributed by atoms with Crippen molar-refractivity contribution in [1.29, 1.82) is 0 Å². The second kappa shape index (κ2) is 11.3. The lowest BCUT2D eigenvalue weighted by Gasteiger charge is -2.35. The first-order valence-corrected chi connectivity index (χ1v) is 11.7. The van der Waals surface area contributed by atoms with Crippen LogP contribution in [0, 0.1) is 11.2 Å². The molecule has 2 heterocycles. The number of aromatic nitrogens is 4. The number of carbonyl (C=O) groups is 2. The molecule has 36 heavy (non-hydrogen) atoms. The van der Waals surface area contributed by atoms with Crippen LogP contribution in [0.3, 0.4) is 0 Å². The first kappa shape index (κ1) is 25.2. The molecule has 0 spiro atoms. The zero-order valence-electron chi connectivity index (χ0n) is 19.9. The maximum absolute atomic E-state index is 13.3. The number of alkyl carbamates (subject to hydrolysis) is 1. The van der Waals surface area contributed by atoms with E-state index in [1.807, 2.05) is 0 Å². The number of nitrogens with zero attached hydrogens (tertiary/aromatic N) is 4. The highest BCUT2D eigenvalue weighted by molar-refractivity contribution is 5.68. The fraction of sp³-hybridized carbons (Fsp3) is 0.400. The SMILES string of the molecule is Cn1nnc(-c2ccc(O[C@H]3CCCC(C=O)(CO)C3)cn2)c1CNC(=O)OCc1cccc(F)c1. The minimum absolute atomic E-state index is 0.0592. The fourth-order valence-electron chi connectivity index (χ4n) is 4.27. The third kappa shape index (κ3) is 6.03. The van der Waals surface area contributed by atoms with Crippen LogP contribution in [0.2, 0.25) is 0 Å². The number of aldehydes is 1. The van der Waals surface area contributed by atoms with Crippen molar-refractivity contribution in [3.8, 4) is 17.1 Å². The number of hydrogen-bond acceptors (Lipinski definition) is 8. The summed E-state index contributed by atoms with van der Waals surface area (Å²) in [6, 6.07) is 9.34. The number of aryl methyl sites for hydroxylation is 1. The molecule has 1 unspecified atom stereocenters. The van der Waals surface area contributed by atoms with Crippen LogP contribution in [0.25, 0.3) is 11.4 Å². The number of aliphatic hydroxyl groups excluding tert-OH is 1. The molecule has 4 rings (SSSR count). The highest BCUT2D eigenvalue weighted by Gasteiger charge is 2.36. The van der Waals surface area contributed by atoms with Crippen LogP contribution in [-0.4, -0.2) is 50.2 Å². The summed E-state index contributed by atoms with van der Waals surface area (Å²) >= 11 is 0. The molecule has 1 fully saturated rings. The number of nitrogens with one attached hydrogen (secondary N) is 1. The highest BCUT2D eigenvalue weighted by atomic mass is 19.1. The highest BCUT2D eigenvalue weighted by Crippen LogP contribution is 2.36. The van der Waals surface area contributed by atoms with Gasteiger partial charge in [-0.3, -0.25) is 4.98 Å². The summed E-state index contributed by atoms with van der Waals surface area (Å²) in [5.74, 6) is 0.150. The first-order chi connectivity index (χ1) is 17.4. The van der Waals surface area contributed by atoms with Gasteiger partial charge >= 0.3 is 6.09 Å². The van der Waals surface area contributed by atoms with E-state index in [-0.39, 0.29) is 25.9 Å². The number of ether oxygens (including phenoxy) is 2. The molecule has 2 atom stereocenters. The van der Waals surface area contributed by atoms with Crippen molar-refractivity contribution in [1.82, 2.24) is 25.3 Å². The van der Waals surface area contributed by atoms with Gasteiger partial charge in [0.15, 0.2) is 0 Å². The Hall–Kier alpha value is -3.86. The largest absolute Gasteiger partial charge is 0.489 e. The maximum Gasteiger partial charge on any atom is 0.407 e. The van der Waals surface area contributed by atoms with E-state index in [1.54, 1.807) is 37.5 Å². The van der Waals surface area contributed by atoms with Gasteiger partial charge in [0, 0.05) is 7.05 Å². The Morgan fingerprint density at radius 3 is 2.94 bits per heavy atom. The van der Waals surface area contributed by atoms with Gasteiger partial charge < -0.3 is 24.7 Å². The van der Waals surface area contributed by atoms with Gasteiger partial charge in [-0.25, -0.2) is 13.9 Å². The molecule has 1 aliphatic carbocycles. The average Bonchev–Trinajstić information content (AvgIpc) is 3.27. The number of pyridine rings is 1. The van der Waals surface area contributed by atoms with E-state index in [4.69, 9.17) is 9.47 Å². The van der Waals surface area contributed by atoms with Crippen molar-refractivity contribution in [2.75, 3.05) is 6.61 Å². The molecule has 190 valence electrons. The van der Waals surface area contributed by atoms with Gasteiger partial charge in [-0.1, -0.05) is 17.3 Å². The van der Waals surface area contributed by atoms with Crippen molar-refractivity contribution in [3.05, 3.63) is 59.7 Å². The molecule has 3 aromatic rings. The molecule has 1 aliphatic rings. The van der Waals surface area contributed by atoms with Crippen molar-refractivity contribution in [3.63, 3.8) is 0 Å². The zero-order chi connectivity index (χ0) is 25.5. The molecule has 0 radical (unpaired) electrons. The molecule has 2 aromatic heterocycles. The molecule has 2 N–H and O–H groups in total. The van der Waals surface area contributed by atoms with Gasteiger partial charge in [0.25, 0.3) is 0 Å². The Bertz CT molecular complexity index is 1200. The molecule has 0 bridgehead atoms. The molecule has 0 saturated heterocycles. The number of benzene rings is 1. The van der Waals surface area contributed by atoms with Crippen molar-refractivity contribution < 1.29 is 28.6 Å². The van der Waals surface area contributed by atoms with Crippen LogP contribution in [0.15, 0.2) is 42.6 Å². The van der Waals surface area contributed by atoms with E-state index in [1.165, 1.54) is 16.8 Å². The van der Waals surface area contributed by atoms with E-state index >= 15 is 0 Å². The summed E-state index contributed by atoms with van der Waals surface area (Å²) in [5, 5.41) is 20.5. The van der Waals surface area contributed by atoms with Crippen molar-refractivity contribution in [2.24, 2.45) is 12.5 Å². The molecule has 1 amide bonds. The lowest BCUT2D eigenvalue weighted by Crippen LogP contribution is -2.38. The summed E-state index contributed by atoms with van der Waals surface area (Å²) in [6.07, 6.45) is 4.29. The maximum atomic E-state index is 13.3. The molecule has 1 saturated carbocycles. The smallest absolute Gasteiger partial charge is 0.407 e. The van der Waals surface area contributed by atoms with E-state index in [0.717, 1.165) is 19.1 Å². The van der Waals surface area contributed by atoms with Gasteiger partial charge in [0.2, 0.25) is 0 Å². The Morgan fingerprint density at radius 1 is 1.36 bits per heavy atom. The quantitative estimate of drug-likeness (QED) is 0.432. The van der Waals surface area contributed by atoms with Crippen LogP contribution in [-0.2, 0) is 29.7 Å². The third-order valence-corrected chi connectivity index (χ3v) is 6.28. The predicted octanol–water partition coefficient (Wildman–Crippen LogP) is 2.94. The number of hydrogen-bond donors (Lipinski definition) is 2. The molecular weight excluding hydrogens is 469 g/mol. The van der Waals surface area contributed by atoms with Crippen molar-refractivity contribution in [2.45, 2.75) is 44.9 Å². The topological polar surface area (TPSA) is 128 Å². The van der Waals surface area contributed by atoms with Crippen LogP contribution in [0.5, 0.6) is 5.75 Å². The summed E-state index contributed by atoms with van der Waals surface area (Å²) in [7, 11) is 1.70. The van der Waals surface area contributed by atoms with Gasteiger partial charge in [0.1, 0.15) is 30.2 Å². The predicted molar refractivity (Wildman–Crippen MR) is 126 cm³/mol. The van der Waals surface area contributed by atoms with Crippen LogP contribution in [0.1, 0.15) is 36.9 Å². The van der Waals surface area contributed by atoms with Crippen LogP contribution < -0.4 is 10.1 Å². The minimum Gasteiger partial charge on any atom is -0.489 e. The van der Waals surface area contributed by atoms with Gasteiger partial charge in [-0.05, 0) is 55.5 Å². The number of carbonyl (C=O) groups excluding carboxylic acids is 2. The number of aliphatic hydroxyl groups is 1. The Morgan fingerprint density at radius 2 is 2.22 bits per heavy atom. The summed E-state index contributed by atoms with van der Waals surface area (Å²) in [4.78, 5) is 28.0. The van der Waals surface area contributed by atoms with E-state index in [9.17, 15) is 19.1 Å². The molecule has 10 nitrogen and oxygen atoms in total. The summed E-state index contributed by atoms with van der Waals surface area (Å²) in [6.45, 7) is -0.149. The Kier molecular flexibility index (Phi) is 7.89. The van der Waals surface area contributed by atoms with Crippen LogP contribution in [0.4, 0.5) is 9.18 Å².